The van der Waals surface area contributed by atoms with Crippen LogP contribution in [0.15, 0.2) is 29.3 Å². The summed E-state index contributed by atoms with van der Waals surface area (Å²) in [7, 11) is 2.10. The molecule has 3 N–H and O–H groups in total. The fraction of sp³-hybridized carbons (Fsp3) is 0.429. The van der Waals surface area contributed by atoms with Crippen LogP contribution in [0.2, 0.25) is 0 Å². The van der Waals surface area contributed by atoms with Gasteiger partial charge in [0.25, 0.3) is 0 Å². The van der Waals surface area contributed by atoms with Crippen LogP contribution in [0.3, 0.4) is 0 Å². The molecule has 0 bridgehead atoms. The number of nitrogens with two attached hydrogens (primary N) is 1. The zero-order chi connectivity index (χ0) is 13.0. The summed E-state index contributed by atoms with van der Waals surface area (Å²) >= 11 is 1.71. The molecule has 18 heavy (non-hydrogen) atoms. The first-order chi connectivity index (χ1) is 8.76. The van der Waals surface area contributed by atoms with Crippen molar-refractivity contribution in [3.05, 3.63) is 29.8 Å². The molecule has 0 amide bonds. The topological polar surface area (TPSA) is 43.0 Å². The summed E-state index contributed by atoms with van der Waals surface area (Å²) in [5.74, 6) is 0. The average Bonchev–Trinajstić information content (AvgIpc) is 2.71. The molecular weight excluding hydrogens is 242 g/mol. The number of fused-ring (bicyclic) bond motifs is 1. The van der Waals surface area contributed by atoms with E-state index in [-0.39, 0.29) is 0 Å². The van der Waals surface area contributed by atoms with E-state index in [1.807, 2.05) is 0 Å². The Hall–Kier alpha value is -0.970. The first-order valence-electron chi connectivity index (χ1n) is 6.44. The third-order valence-corrected chi connectivity index (χ3v) is 4.06. The largest absolute Gasteiger partial charge is 0.338 e. The van der Waals surface area contributed by atoms with Gasteiger partial charge in [-0.2, -0.15) is 0 Å². The molecule has 0 spiro atoms. The van der Waals surface area contributed by atoms with Crippen molar-refractivity contribution < 1.29 is 0 Å². The molecule has 2 rings (SSSR count). The Morgan fingerprint density at radius 3 is 2.89 bits per heavy atom. The third kappa shape index (κ3) is 2.88. The first-order valence-corrected chi connectivity index (χ1v) is 7.26. The summed E-state index contributed by atoms with van der Waals surface area (Å²) in [5.41, 5.74) is 8.11. The van der Waals surface area contributed by atoms with Crippen LogP contribution in [0.5, 0.6) is 0 Å². The smallest absolute Gasteiger partial charge is 0.0909 e. The summed E-state index contributed by atoms with van der Waals surface area (Å²) in [6.45, 7) is 3.85. The second-order valence-electron chi connectivity index (χ2n) is 4.49. The predicted molar refractivity (Wildman–Crippen MR) is 79.6 cm³/mol. The van der Waals surface area contributed by atoms with Crippen molar-refractivity contribution in [3.63, 3.8) is 0 Å². The lowest BCUT2D eigenvalue weighted by molar-refractivity contribution is 0.771. The summed E-state index contributed by atoms with van der Waals surface area (Å²) < 4.78 is 5.62. The van der Waals surface area contributed by atoms with Crippen molar-refractivity contribution in [3.8, 4) is 0 Å². The van der Waals surface area contributed by atoms with Crippen LogP contribution in [0.1, 0.15) is 25.3 Å². The van der Waals surface area contributed by atoms with Gasteiger partial charge in [0.2, 0.25) is 0 Å². The van der Waals surface area contributed by atoms with Crippen LogP contribution in [0.4, 0.5) is 0 Å². The number of hydrogen-bond acceptors (Lipinski definition) is 3. The molecule has 98 valence electrons. The molecule has 0 aliphatic heterocycles. The highest BCUT2D eigenvalue weighted by molar-refractivity contribution is 7.97. The summed E-state index contributed by atoms with van der Waals surface area (Å²) in [5, 5.41) is 2.52. The highest BCUT2D eigenvalue weighted by atomic mass is 32.2. The standard InChI is InChI=1S/C14H21N3S/c1-3-4-7-16-18-14-9-12-6-5-11(10-15)8-13(12)17(14)2/h5-6,8-9,16H,3-4,7,10,15H2,1-2H3. The van der Waals surface area contributed by atoms with Crippen LogP contribution in [-0.2, 0) is 13.6 Å². The highest BCUT2D eigenvalue weighted by Gasteiger charge is 2.06. The predicted octanol–water partition coefficient (Wildman–Crippen LogP) is 3.03. The maximum atomic E-state index is 5.68. The van der Waals surface area contributed by atoms with E-state index in [1.54, 1.807) is 11.9 Å². The quantitative estimate of drug-likeness (QED) is 0.622. The lowest BCUT2D eigenvalue weighted by atomic mass is 10.2. The number of hydrogen-bond donors (Lipinski definition) is 2. The van der Waals surface area contributed by atoms with Crippen LogP contribution in [-0.4, -0.2) is 11.1 Å². The molecule has 1 aromatic heterocycles. The van der Waals surface area contributed by atoms with Gasteiger partial charge >= 0.3 is 0 Å². The molecule has 1 heterocycles. The maximum Gasteiger partial charge on any atom is 0.0909 e. The molecule has 0 aliphatic rings. The maximum absolute atomic E-state index is 5.68. The Labute approximate surface area is 113 Å². The zero-order valence-electron chi connectivity index (χ0n) is 11.1. The molecule has 0 atom stereocenters. The van der Waals surface area contributed by atoms with E-state index >= 15 is 0 Å². The third-order valence-electron chi connectivity index (χ3n) is 3.11. The Morgan fingerprint density at radius 2 is 2.17 bits per heavy atom. The van der Waals surface area contributed by atoms with Crippen molar-refractivity contribution in [1.82, 2.24) is 9.29 Å². The number of aromatic nitrogens is 1. The van der Waals surface area contributed by atoms with Gasteiger partial charge in [0, 0.05) is 31.0 Å². The lowest BCUT2D eigenvalue weighted by Crippen LogP contribution is -2.06. The van der Waals surface area contributed by atoms with Gasteiger partial charge in [-0.05, 0) is 36.1 Å². The molecule has 4 heteroatoms. The summed E-state index contributed by atoms with van der Waals surface area (Å²) in [6.07, 6.45) is 2.44. The molecule has 1 aromatic carbocycles. The van der Waals surface area contributed by atoms with Crippen LogP contribution in [0, 0.1) is 0 Å². The monoisotopic (exact) mass is 263 g/mol. The Balaban J connectivity index is 2.16. The second kappa shape index (κ2) is 6.27. The van der Waals surface area contributed by atoms with Crippen LogP contribution in [0.25, 0.3) is 10.9 Å². The van der Waals surface area contributed by atoms with Crippen molar-refractivity contribution in [2.24, 2.45) is 12.8 Å². The van der Waals surface area contributed by atoms with Gasteiger partial charge in [0.15, 0.2) is 0 Å². The van der Waals surface area contributed by atoms with Gasteiger partial charge in [-0.25, -0.2) is 0 Å². The molecule has 0 saturated heterocycles. The van der Waals surface area contributed by atoms with E-state index in [0.717, 1.165) is 6.54 Å². The average molecular weight is 263 g/mol. The molecule has 3 nitrogen and oxygen atoms in total. The SMILES string of the molecule is CCCCNSc1cc2ccc(CN)cc2n1C. The van der Waals surface area contributed by atoms with Crippen molar-refractivity contribution >= 4 is 22.9 Å². The van der Waals surface area contributed by atoms with Gasteiger partial charge in [-0.1, -0.05) is 25.5 Å². The molecular formula is C14H21N3S. The van der Waals surface area contributed by atoms with E-state index in [1.165, 1.54) is 34.3 Å². The van der Waals surface area contributed by atoms with Gasteiger partial charge < -0.3 is 10.3 Å². The van der Waals surface area contributed by atoms with E-state index in [0.29, 0.717) is 6.54 Å². The van der Waals surface area contributed by atoms with E-state index in [9.17, 15) is 0 Å². The fourth-order valence-corrected chi connectivity index (χ4v) is 2.76. The number of nitrogens with zero attached hydrogens (tertiary/aromatic N) is 1. The van der Waals surface area contributed by atoms with E-state index in [2.05, 4.69) is 47.5 Å². The molecule has 0 fully saturated rings. The summed E-state index contributed by atoms with van der Waals surface area (Å²) in [4.78, 5) is 0. The minimum absolute atomic E-state index is 0.596. The summed E-state index contributed by atoms with van der Waals surface area (Å²) in [6, 6.07) is 8.64. The Bertz CT molecular complexity index is 519. The van der Waals surface area contributed by atoms with Crippen molar-refractivity contribution in [1.29, 1.82) is 0 Å². The Morgan fingerprint density at radius 1 is 1.33 bits per heavy atom. The second-order valence-corrected chi connectivity index (χ2v) is 5.40. The highest BCUT2D eigenvalue weighted by Crippen LogP contribution is 2.25. The van der Waals surface area contributed by atoms with E-state index < -0.39 is 0 Å². The van der Waals surface area contributed by atoms with E-state index in [4.69, 9.17) is 5.73 Å². The first kappa shape index (κ1) is 13.5. The molecule has 0 unspecified atom stereocenters. The van der Waals surface area contributed by atoms with Crippen molar-refractivity contribution in [2.45, 2.75) is 31.3 Å². The molecule has 0 saturated carbocycles. The number of benzene rings is 1. The Kier molecular flexibility index (Phi) is 4.69. The minimum Gasteiger partial charge on any atom is -0.338 e. The minimum atomic E-state index is 0.596. The molecule has 0 radical (unpaired) electrons. The fourth-order valence-electron chi connectivity index (χ4n) is 1.95. The van der Waals surface area contributed by atoms with Gasteiger partial charge in [-0.15, -0.1) is 0 Å². The van der Waals surface area contributed by atoms with Gasteiger partial charge in [-0.3, -0.25) is 4.72 Å². The number of nitrogens with one attached hydrogen (secondary N) is 1. The molecule has 0 aliphatic carbocycles. The van der Waals surface area contributed by atoms with Crippen LogP contribution < -0.4 is 10.5 Å². The number of aryl methyl sites for hydroxylation is 1. The normalized spacial score (nSPS) is 11.3. The van der Waals surface area contributed by atoms with Crippen molar-refractivity contribution in [2.75, 3.05) is 6.54 Å². The number of unbranched alkanes of at least 4 members (excludes halogenated alkanes) is 1. The van der Waals surface area contributed by atoms with Crippen LogP contribution >= 0.6 is 11.9 Å². The zero-order valence-corrected chi connectivity index (χ0v) is 11.9. The molecule has 2 aromatic rings. The van der Waals surface area contributed by atoms with Gasteiger partial charge in [0.1, 0.15) is 0 Å². The lowest BCUT2D eigenvalue weighted by Gasteiger charge is -2.05. The number of rotatable bonds is 6. The van der Waals surface area contributed by atoms with Gasteiger partial charge in [0.05, 0.1) is 5.03 Å².